The Morgan fingerprint density at radius 1 is 1.25 bits per heavy atom. The second kappa shape index (κ2) is 7.53. The van der Waals surface area contributed by atoms with Crippen molar-refractivity contribution >= 4 is 11.9 Å². The van der Waals surface area contributed by atoms with Crippen molar-refractivity contribution in [1.29, 1.82) is 0 Å². The Bertz CT molecular complexity index is 453. The van der Waals surface area contributed by atoms with E-state index in [2.05, 4.69) is 5.32 Å². The van der Waals surface area contributed by atoms with Gasteiger partial charge in [-0.2, -0.15) is 0 Å². The number of carboxylic acid groups (broad SMARTS) is 1. The largest absolute Gasteiger partial charge is 0.494 e. The van der Waals surface area contributed by atoms with Gasteiger partial charge in [0.25, 0.3) is 5.91 Å². The molecule has 110 valence electrons. The number of amides is 1. The smallest absolute Gasteiger partial charge is 0.326 e. The van der Waals surface area contributed by atoms with E-state index < -0.39 is 17.9 Å². The Morgan fingerprint density at radius 3 is 2.30 bits per heavy atom. The molecule has 1 aromatic carbocycles. The third kappa shape index (κ3) is 4.57. The van der Waals surface area contributed by atoms with E-state index in [9.17, 15) is 9.59 Å². The predicted octanol–water partition coefficient (Wildman–Crippen LogP) is 2.31. The molecule has 0 heterocycles. The first-order valence-electron chi connectivity index (χ1n) is 6.72. The molecule has 0 aliphatic carbocycles. The molecule has 0 saturated heterocycles. The maximum atomic E-state index is 12.0. The zero-order valence-electron chi connectivity index (χ0n) is 12.1. The van der Waals surface area contributed by atoms with Gasteiger partial charge in [0.2, 0.25) is 0 Å². The molecular weight excluding hydrogens is 258 g/mol. The number of hydrogen-bond donors (Lipinski definition) is 2. The van der Waals surface area contributed by atoms with Gasteiger partial charge >= 0.3 is 5.97 Å². The molecular formula is C15H21NO4. The molecule has 1 amide bonds. The highest BCUT2D eigenvalue weighted by Gasteiger charge is 2.23. The minimum Gasteiger partial charge on any atom is -0.494 e. The minimum absolute atomic E-state index is 0.177. The van der Waals surface area contributed by atoms with Gasteiger partial charge in [0, 0.05) is 5.56 Å². The highest BCUT2D eigenvalue weighted by molar-refractivity contribution is 5.96. The summed E-state index contributed by atoms with van der Waals surface area (Å²) in [7, 11) is 0. The molecule has 1 rings (SSSR count). The summed E-state index contributed by atoms with van der Waals surface area (Å²) in [6, 6.07) is 5.77. The zero-order chi connectivity index (χ0) is 15.1. The van der Waals surface area contributed by atoms with Crippen LogP contribution in [0.2, 0.25) is 0 Å². The summed E-state index contributed by atoms with van der Waals surface area (Å²) in [5, 5.41) is 11.6. The molecule has 0 aliphatic heterocycles. The van der Waals surface area contributed by atoms with Crippen molar-refractivity contribution in [2.24, 2.45) is 5.92 Å². The summed E-state index contributed by atoms with van der Waals surface area (Å²) in [6.45, 7) is 6.14. The van der Waals surface area contributed by atoms with Crippen LogP contribution in [0, 0.1) is 5.92 Å². The second-order valence-electron chi connectivity index (χ2n) is 4.91. The van der Waals surface area contributed by atoms with Gasteiger partial charge in [-0.3, -0.25) is 4.79 Å². The van der Waals surface area contributed by atoms with Crippen LogP contribution in [0.15, 0.2) is 24.3 Å². The lowest BCUT2D eigenvalue weighted by Gasteiger charge is -2.17. The molecule has 20 heavy (non-hydrogen) atoms. The number of carbonyl (C=O) groups is 2. The van der Waals surface area contributed by atoms with Gasteiger partial charge in [0.1, 0.15) is 11.8 Å². The lowest BCUT2D eigenvalue weighted by Crippen LogP contribution is -2.44. The van der Waals surface area contributed by atoms with Crippen molar-refractivity contribution in [2.75, 3.05) is 6.61 Å². The first-order chi connectivity index (χ1) is 9.45. The Labute approximate surface area is 118 Å². The molecule has 0 radical (unpaired) electrons. The Balaban J connectivity index is 2.69. The average molecular weight is 279 g/mol. The normalized spacial score (nSPS) is 12.0. The fraction of sp³-hybridized carbons (Fsp3) is 0.467. The number of hydrogen-bond acceptors (Lipinski definition) is 3. The van der Waals surface area contributed by atoms with Crippen LogP contribution < -0.4 is 10.1 Å². The van der Waals surface area contributed by atoms with Crippen LogP contribution in [0.3, 0.4) is 0 Å². The fourth-order valence-corrected chi connectivity index (χ4v) is 1.66. The van der Waals surface area contributed by atoms with Crippen molar-refractivity contribution < 1.29 is 19.4 Å². The summed E-state index contributed by atoms with van der Waals surface area (Å²) >= 11 is 0. The molecule has 0 fully saturated rings. The molecule has 0 aliphatic rings. The number of ether oxygens (including phenoxy) is 1. The summed E-state index contributed by atoms with van der Waals surface area (Å²) in [5.74, 6) is -0.907. The van der Waals surface area contributed by atoms with Gasteiger partial charge in [-0.1, -0.05) is 20.8 Å². The number of rotatable bonds is 7. The quantitative estimate of drug-likeness (QED) is 0.803. The monoisotopic (exact) mass is 279 g/mol. The predicted molar refractivity (Wildman–Crippen MR) is 76.0 cm³/mol. The first-order valence-corrected chi connectivity index (χ1v) is 6.72. The number of carbonyl (C=O) groups excluding carboxylic acids is 1. The van der Waals surface area contributed by atoms with Crippen molar-refractivity contribution in [3.05, 3.63) is 29.8 Å². The van der Waals surface area contributed by atoms with E-state index >= 15 is 0 Å². The summed E-state index contributed by atoms with van der Waals surface area (Å²) in [5.41, 5.74) is 0.417. The van der Waals surface area contributed by atoms with Crippen LogP contribution in [0.1, 0.15) is 37.6 Å². The van der Waals surface area contributed by atoms with Crippen LogP contribution in [-0.2, 0) is 4.79 Å². The molecule has 0 unspecified atom stereocenters. The highest BCUT2D eigenvalue weighted by atomic mass is 16.5. The maximum Gasteiger partial charge on any atom is 0.326 e. The topological polar surface area (TPSA) is 75.6 Å². The Kier molecular flexibility index (Phi) is 6.03. The van der Waals surface area contributed by atoms with E-state index in [-0.39, 0.29) is 5.92 Å². The van der Waals surface area contributed by atoms with Gasteiger partial charge in [0.05, 0.1) is 6.61 Å². The van der Waals surface area contributed by atoms with Crippen molar-refractivity contribution in [3.8, 4) is 5.75 Å². The molecule has 0 aromatic heterocycles. The summed E-state index contributed by atoms with van der Waals surface area (Å²) in [6.07, 6.45) is 0.914. The molecule has 0 spiro atoms. The van der Waals surface area contributed by atoms with Gasteiger partial charge in [-0.25, -0.2) is 4.79 Å². The molecule has 0 bridgehead atoms. The number of benzene rings is 1. The lowest BCUT2D eigenvalue weighted by molar-refractivity contribution is -0.140. The van der Waals surface area contributed by atoms with Crippen LogP contribution in [0.5, 0.6) is 5.75 Å². The van der Waals surface area contributed by atoms with Gasteiger partial charge in [-0.15, -0.1) is 0 Å². The molecule has 5 heteroatoms. The molecule has 1 aromatic rings. The van der Waals surface area contributed by atoms with Crippen LogP contribution >= 0.6 is 0 Å². The Hall–Kier alpha value is -2.04. The number of nitrogens with one attached hydrogen (secondary N) is 1. The molecule has 1 atom stereocenters. The molecule has 0 saturated carbocycles. The van der Waals surface area contributed by atoms with Crippen LogP contribution in [-0.4, -0.2) is 29.6 Å². The van der Waals surface area contributed by atoms with E-state index in [1.807, 2.05) is 6.92 Å². The van der Waals surface area contributed by atoms with Crippen LogP contribution in [0.25, 0.3) is 0 Å². The van der Waals surface area contributed by atoms with Crippen molar-refractivity contribution in [1.82, 2.24) is 5.32 Å². The average Bonchev–Trinajstić information content (AvgIpc) is 2.42. The van der Waals surface area contributed by atoms with Gasteiger partial charge in [-0.05, 0) is 36.6 Å². The maximum absolute atomic E-state index is 12.0. The second-order valence-corrected chi connectivity index (χ2v) is 4.91. The standard InChI is InChI=1S/C15H21NO4/c1-4-9-20-12-7-5-11(6-8-12)14(17)16-13(10(2)3)15(18)19/h5-8,10,13H,4,9H2,1-3H3,(H,16,17)(H,18,19)/t13-/m0/s1. The SMILES string of the molecule is CCCOc1ccc(C(=O)N[C@H](C(=O)O)C(C)C)cc1. The third-order valence-corrected chi connectivity index (χ3v) is 2.81. The molecule has 5 nitrogen and oxygen atoms in total. The first kappa shape index (κ1) is 16.0. The number of carboxylic acids is 1. The highest BCUT2D eigenvalue weighted by Crippen LogP contribution is 2.13. The summed E-state index contributed by atoms with van der Waals surface area (Å²) in [4.78, 5) is 23.0. The van der Waals surface area contributed by atoms with Gasteiger partial charge in [0.15, 0.2) is 0 Å². The summed E-state index contributed by atoms with van der Waals surface area (Å²) < 4.78 is 5.42. The van der Waals surface area contributed by atoms with Crippen molar-refractivity contribution in [3.63, 3.8) is 0 Å². The van der Waals surface area contributed by atoms with Crippen LogP contribution in [0.4, 0.5) is 0 Å². The van der Waals surface area contributed by atoms with E-state index in [0.717, 1.165) is 6.42 Å². The van der Waals surface area contributed by atoms with E-state index in [4.69, 9.17) is 9.84 Å². The Morgan fingerprint density at radius 2 is 1.85 bits per heavy atom. The molecule has 2 N–H and O–H groups in total. The fourth-order valence-electron chi connectivity index (χ4n) is 1.66. The third-order valence-electron chi connectivity index (χ3n) is 2.81. The lowest BCUT2D eigenvalue weighted by atomic mass is 10.0. The van der Waals surface area contributed by atoms with Gasteiger partial charge < -0.3 is 15.2 Å². The number of aliphatic carboxylic acids is 1. The zero-order valence-corrected chi connectivity index (χ0v) is 12.1. The van der Waals surface area contributed by atoms with E-state index in [1.165, 1.54) is 0 Å². The minimum atomic E-state index is -1.03. The van der Waals surface area contributed by atoms with Crippen molar-refractivity contribution in [2.45, 2.75) is 33.2 Å². The van der Waals surface area contributed by atoms with E-state index in [1.54, 1.807) is 38.1 Å². The van der Waals surface area contributed by atoms with E-state index in [0.29, 0.717) is 17.9 Å².